The first-order chi connectivity index (χ1) is 11.9. The summed E-state index contributed by atoms with van der Waals surface area (Å²) in [4.78, 5) is 16.4. The smallest absolute Gasteiger partial charge is 0.257 e. The summed E-state index contributed by atoms with van der Waals surface area (Å²) in [7, 11) is 3.82. The molecule has 0 radical (unpaired) electrons. The average Bonchev–Trinajstić information content (AvgIpc) is 2.93. The number of nitrogens with zero attached hydrogens (tertiary/aromatic N) is 4. The van der Waals surface area contributed by atoms with Crippen molar-refractivity contribution in [2.45, 2.75) is 32.8 Å². The molecule has 0 aliphatic carbocycles. The summed E-state index contributed by atoms with van der Waals surface area (Å²) in [5, 5.41) is 8.22. The number of carbonyl (C=O) groups excluding carboxylic acids is 1. The first-order valence-electron chi connectivity index (χ1n) is 8.48. The van der Waals surface area contributed by atoms with E-state index in [1.807, 2.05) is 49.9 Å². The second-order valence-electron chi connectivity index (χ2n) is 6.58. The molecule has 1 atom stereocenters. The van der Waals surface area contributed by atoms with Crippen LogP contribution in [0.15, 0.2) is 22.6 Å². The molecule has 2 aromatic heterocycles. The fourth-order valence-corrected chi connectivity index (χ4v) is 3.02. The normalized spacial score (nSPS) is 17.4. The molecule has 0 bridgehead atoms. The fourth-order valence-electron chi connectivity index (χ4n) is 3.02. The van der Waals surface area contributed by atoms with Gasteiger partial charge >= 0.3 is 0 Å². The van der Waals surface area contributed by atoms with E-state index in [1.54, 1.807) is 6.07 Å². The molecular formula is C18H24N4O3. The summed E-state index contributed by atoms with van der Waals surface area (Å²) in [6, 6.07) is 5.48. The summed E-state index contributed by atoms with van der Waals surface area (Å²) in [6.07, 6.45) is 1.71. The third-order valence-electron chi connectivity index (χ3n) is 4.31. The van der Waals surface area contributed by atoms with Crippen LogP contribution in [0.5, 0.6) is 5.88 Å². The van der Waals surface area contributed by atoms with Crippen molar-refractivity contribution in [2.75, 3.05) is 32.1 Å². The Balaban J connectivity index is 1.64. The number of aromatic nitrogens is 2. The van der Waals surface area contributed by atoms with Gasteiger partial charge in [-0.15, -0.1) is 10.2 Å². The molecule has 3 rings (SSSR count). The number of anilines is 1. The van der Waals surface area contributed by atoms with Gasteiger partial charge in [0.1, 0.15) is 17.6 Å². The average molecular weight is 344 g/mol. The van der Waals surface area contributed by atoms with Gasteiger partial charge in [-0.1, -0.05) is 0 Å². The Hall–Kier alpha value is -2.57. The quantitative estimate of drug-likeness (QED) is 0.848. The lowest BCUT2D eigenvalue weighted by molar-refractivity contribution is 0.0524. The third kappa shape index (κ3) is 3.92. The number of amides is 1. The Labute approximate surface area is 147 Å². The van der Waals surface area contributed by atoms with E-state index < -0.39 is 0 Å². The minimum atomic E-state index is -0.0782. The van der Waals surface area contributed by atoms with Gasteiger partial charge in [-0.2, -0.15) is 0 Å². The van der Waals surface area contributed by atoms with Crippen LogP contribution in [-0.4, -0.2) is 54.3 Å². The van der Waals surface area contributed by atoms with Gasteiger partial charge in [0.2, 0.25) is 5.88 Å². The zero-order valence-electron chi connectivity index (χ0n) is 15.2. The lowest BCUT2D eigenvalue weighted by atomic mass is 10.1. The van der Waals surface area contributed by atoms with Crippen LogP contribution in [0.1, 0.15) is 34.7 Å². The Morgan fingerprint density at radius 1 is 1.32 bits per heavy atom. The molecule has 7 nitrogen and oxygen atoms in total. The highest BCUT2D eigenvalue weighted by Crippen LogP contribution is 2.21. The van der Waals surface area contributed by atoms with Gasteiger partial charge in [0.15, 0.2) is 5.82 Å². The highest BCUT2D eigenvalue weighted by Gasteiger charge is 2.28. The van der Waals surface area contributed by atoms with E-state index in [2.05, 4.69) is 10.2 Å². The van der Waals surface area contributed by atoms with E-state index in [-0.39, 0.29) is 12.0 Å². The second-order valence-corrected chi connectivity index (χ2v) is 6.58. The number of likely N-dealkylation sites (tertiary alicyclic amines) is 1. The predicted molar refractivity (Wildman–Crippen MR) is 94.1 cm³/mol. The maximum absolute atomic E-state index is 12.7. The Morgan fingerprint density at radius 3 is 2.72 bits per heavy atom. The summed E-state index contributed by atoms with van der Waals surface area (Å²) in [5.74, 6) is 2.67. The van der Waals surface area contributed by atoms with Crippen LogP contribution in [0.2, 0.25) is 0 Å². The highest BCUT2D eigenvalue weighted by atomic mass is 16.5. The number of rotatable bonds is 4. The maximum Gasteiger partial charge on any atom is 0.257 e. The van der Waals surface area contributed by atoms with Crippen LogP contribution in [0.25, 0.3) is 0 Å². The number of furan rings is 1. The number of hydrogen-bond acceptors (Lipinski definition) is 6. The van der Waals surface area contributed by atoms with Crippen LogP contribution in [0.4, 0.5) is 5.82 Å². The number of carbonyl (C=O) groups is 1. The molecule has 0 spiro atoms. The van der Waals surface area contributed by atoms with Crippen molar-refractivity contribution in [1.29, 1.82) is 0 Å². The monoisotopic (exact) mass is 344 g/mol. The van der Waals surface area contributed by atoms with Gasteiger partial charge in [0.05, 0.1) is 12.1 Å². The molecule has 1 aliphatic rings. The van der Waals surface area contributed by atoms with E-state index in [4.69, 9.17) is 9.15 Å². The van der Waals surface area contributed by atoms with Crippen LogP contribution < -0.4 is 9.64 Å². The second kappa shape index (κ2) is 7.13. The fraction of sp³-hybridized carbons (Fsp3) is 0.500. The molecule has 1 unspecified atom stereocenters. The largest absolute Gasteiger partial charge is 0.471 e. The first kappa shape index (κ1) is 17.3. The summed E-state index contributed by atoms with van der Waals surface area (Å²) in [6.45, 7) is 4.94. The number of aryl methyl sites for hydroxylation is 2. The summed E-state index contributed by atoms with van der Waals surface area (Å²) < 4.78 is 11.4. The Kier molecular flexibility index (Phi) is 4.92. The molecule has 1 amide bonds. The standard InChI is InChI=1S/C18H24N4O3/c1-12-10-15(13(2)24-12)18(23)22-9-5-6-14(11-22)25-17-8-7-16(19-20-17)21(3)4/h7-8,10,14H,5-6,9,11H2,1-4H3. The van der Waals surface area contributed by atoms with Crippen molar-refractivity contribution < 1.29 is 13.9 Å². The minimum absolute atomic E-state index is 0.00306. The van der Waals surface area contributed by atoms with Gasteiger partial charge < -0.3 is 19.0 Å². The summed E-state index contributed by atoms with van der Waals surface area (Å²) in [5.41, 5.74) is 0.633. The van der Waals surface area contributed by atoms with Crippen LogP contribution in [0, 0.1) is 13.8 Å². The van der Waals surface area contributed by atoms with Crippen molar-refractivity contribution >= 4 is 11.7 Å². The molecule has 25 heavy (non-hydrogen) atoms. The molecule has 2 aromatic rings. The van der Waals surface area contributed by atoms with Crippen LogP contribution in [0.3, 0.4) is 0 Å². The molecule has 1 saturated heterocycles. The van der Waals surface area contributed by atoms with Gasteiger partial charge in [-0.25, -0.2) is 0 Å². The Morgan fingerprint density at radius 2 is 2.12 bits per heavy atom. The van der Waals surface area contributed by atoms with Crippen LogP contribution in [-0.2, 0) is 0 Å². The predicted octanol–water partition coefficient (Wildman–Crippen LogP) is 2.44. The zero-order chi connectivity index (χ0) is 18.0. The lowest BCUT2D eigenvalue weighted by Gasteiger charge is -2.32. The molecule has 0 N–H and O–H groups in total. The Bertz CT molecular complexity index is 739. The first-order valence-corrected chi connectivity index (χ1v) is 8.48. The molecule has 3 heterocycles. The molecular weight excluding hydrogens is 320 g/mol. The number of piperidine rings is 1. The van der Waals surface area contributed by atoms with Crippen molar-refractivity contribution in [3.63, 3.8) is 0 Å². The van der Waals surface area contributed by atoms with Gasteiger partial charge in [-0.05, 0) is 38.8 Å². The van der Waals surface area contributed by atoms with E-state index >= 15 is 0 Å². The van der Waals surface area contributed by atoms with E-state index in [0.29, 0.717) is 23.7 Å². The molecule has 134 valence electrons. The van der Waals surface area contributed by atoms with E-state index in [9.17, 15) is 4.79 Å². The van der Waals surface area contributed by atoms with Gasteiger partial charge in [0.25, 0.3) is 5.91 Å². The van der Waals surface area contributed by atoms with Crippen molar-refractivity contribution in [3.05, 3.63) is 35.3 Å². The SMILES string of the molecule is Cc1cc(C(=O)N2CCCC(Oc3ccc(N(C)C)nn3)C2)c(C)o1. The highest BCUT2D eigenvalue weighted by molar-refractivity contribution is 5.95. The topological polar surface area (TPSA) is 71.7 Å². The number of ether oxygens (including phenoxy) is 1. The molecule has 0 saturated carbocycles. The number of hydrogen-bond donors (Lipinski definition) is 0. The molecule has 1 fully saturated rings. The molecule has 1 aliphatic heterocycles. The van der Waals surface area contributed by atoms with E-state index in [0.717, 1.165) is 31.0 Å². The van der Waals surface area contributed by atoms with Crippen molar-refractivity contribution in [2.24, 2.45) is 0 Å². The summed E-state index contributed by atoms with van der Waals surface area (Å²) >= 11 is 0. The molecule has 7 heteroatoms. The zero-order valence-corrected chi connectivity index (χ0v) is 15.2. The van der Waals surface area contributed by atoms with Crippen molar-refractivity contribution in [3.8, 4) is 5.88 Å². The van der Waals surface area contributed by atoms with Gasteiger partial charge in [0, 0.05) is 26.7 Å². The van der Waals surface area contributed by atoms with Crippen molar-refractivity contribution in [1.82, 2.24) is 15.1 Å². The lowest BCUT2D eigenvalue weighted by Crippen LogP contribution is -2.44. The minimum Gasteiger partial charge on any atom is -0.471 e. The maximum atomic E-state index is 12.7. The third-order valence-corrected chi connectivity index (χ3v) is 4.31. The van der Waals surface area contributed by atoms with Crippen LogP contribution >= 0.6 is 0 Å². The van der Waals surface area contributed by atoms with E-state index in [1.165, 1.54) is 0 Å². The van der Waals surface area contributed by atoms with Gasteiger partial charge in [-0.3, -0.25) is 4.79 Å². The molecule has 0 aromatic carbocycles.